The van der Waals surface area contributed by atoms with Gasteiger partial charge in [-0.1, -0.05) is 12.1 Å². The molecule has 1 aromatic carbocycles. The highest BCUT2D eigenvalue weighted by Gasteiger charge is 2.02. The lowest BCUT2D eigenvalue weighted by molar-refractivity contribution is -0.111. The number of halogens is 1. The van der Waals surface area contributed by atoms with Crippen molar-refractivity contribution in [3.05, 3.63) is 81.2 Å². The number of ether oxygens (including phenoxy) is 1. The number of carbonyl (C=O) groups excluding carboxylic acids is 1. The van der Waals surface area contributed by atoms with Crippen LogP contribution in [0.4, 0.5) is 5.69 Å². The van der Waals surface area contributed by atoms with E-state index in [1.54, 1.807) is 35.9 Å². The highest BCUT2D eigenvalue weighted by atomic mass is 79.9. The predicted molar refractivity (Wildman–Crippen MR) is 105 cm³/mol. The zero-order valence-corrected chi connectivity index (χ0v) is 15.6. The Balaban J connectivity index is 1.57. The van der Waals surface area contributed by atoms with E-state index in [9.17, 15) is 4.79 Å². The Morgan fingerprint density at radius 3 is 2.92 bits per heavy atom. The van der Waals surface area contributed by atoms with E-state index in [1.807, 2.05) is 42.5 Å². The molecule has 0 spiro atoms. The molecular weight excluding hydrogens is 400 g/mol. The number of nitrogens with zero attached hydrogens (tertiary/aromatic N) is 1. The van der Waals surface area contributed by atoms with Crippen LogP contribution in [0.1, 0.15) is 10.4 Å². The van der Waals surface area contributed by atoms with Crippen LogP contribution in [0.2, 0.25) is 0 Å². The minimum Gasteiger partial charge on any atom is -0.489 e. The molecule has 3 aromatic rings. The van der Waals surface area contributed by atoms with Gasteiger partial charge < -0.3 is 10.1 Å². The Bertz CT molecular complexity index is 878. The summed E-state index contributed by atoms with van der Waals surface area (Å²) in [5.41, 5.74) is 1.67. The topological polar surface area (TPSA) is 51.2 Å². The summed E-state index contributed by atoms with van der Waals surface area (Å²) in [5.74, 6) is 0.502. The Kier molecular flexibility index (Phi) is 5.98. The smallest absolute Gasteiger partial charge is 0.248 e. The first-order valence-electron chi connectivity index (χ1n) is 7.55. The molecule has 1 amide bonds. The number of benzene rings is 1. The fourth-order valence-corrected chi connectivity index (χ4v) is 3.40. The normalized spacial score (nSPS) is 10.8. The van der Waals surface area contributed by atoms with Crippen molar-refractivity contribution in [1.82, 2.24) is 4.98 Å². The zero-order chi connectivity index (χ0) is 17.5. The zero-order valence-electron chi connectivity index (χ0n) is 13.2. The molecule has 0 aliphatic heterocycles. The number of hydrogen-bond donors (Lipinski definition) is 1. The van der Waals surface area contributed by atoms with Crippen LogP contribution in [0.5, 0.6) is 5.75 Å². The summed E-state index contributed by atoms with van der Waals surface area (Å²) < 4.78 is 6.77. The molecule has 6 heteroatoms. The Hall–Kier alpha value is -2.44. The van der Waals surface area contributed by atoms with Gasteiger partial charge in [-0.05, 0) is 52.3 Å². The standard InChI is InChI=1S/C19H15BrN2O2S/c20-18-8-6-17(25-18)7-9-19(23)22-15-4-1-5-16(11-15)24-13-14-3-2-10-21-12-14/h1-12H,13H2,(H,22,23)/b9-7+. The number of nitrogens with one attached hydrogen (secondary N) is 1. The number of anilines is 1. The van der Waals surface area contributed by atoms with Crippen LogP contribution in [0.25, 0.3) is 6.08 Å². The Labute approximate surface area is 158 Å². The van der Waals surface area contributed by atoms with Gasteiger partial charge in [-0.2, -0.15) is 0 Å². The number of aromatic nitrogens is 1. The maximum Gasteiger partial charge on any atom is 0.248 e. The number of amides is 1. The molecule has 0 aliphatic rings. The van der Waals surface area contributed by atoms with Crippen LogP contribution in [0, 0.1) is 0 Å². The van der Waals surface area contributed by atoms with E-state index in [0.29, 0.717) is 18.0 Å². The van der Waals surface area contributed by atoms with Crippen molar-refractivity contribution in [2.45, 2.75) is 6.61 Å². The summed E-state index contributed by atoms with van der Waals surface area (Å²) in [6, 6.07) is 15.0. The molecule has 0 atom stereocenters. The van der Waals surface area contributed by atoms with E-state index < -0.39 is 0 Å². The van der Waals surface area contributed by atoms with E-state index in [1.165, 1.54) is 6.08 Å². The van der Waals surface area contributed by atoms with Crippen LogP contribution in [0.15, 0.2) is 70.8 Å². The molecule has 0 fully saturated rings. The molecular formula is C19H15BrN2O2S. The highest BCUT2D eigenvalue weighted by Crippen LogP contribution is 2.23. The van der Waals surface area contributed by atoms with Crippen molar-refractivity contribution in [3.63, 3.8) is 0 Å². The van der Waals surface area contributed by atoms with Crippen LogP contribution in [0.3, 0.4) is 0 Å². The van der Waals surface area contributed by atoms with Gasteiger partial charge in [0.15, 0.2) is 0 Å². The molecule has 2 aromatic heterocycles. The van der Waals surface area contributed by atoms with E-state index in [-0.39, 0.29) is 5.91 Å². The number of hydrogen-bond acceptors (Lipinski definition) is 4. The second-order valence-electron chi connectivity index (χ2n) is 5.14. The summed E-state index contributed by atoms with van der Waals surface area (Å²) >= 11 is 4.97. The van der Waals surface area contributed by atoms with Gasteiger partial charge in [0.1, 0.15) is 12.4 Å². The van der Waals surface area contributed by atoms with Gasteiger partial charge >= 0.3 is 0 Å². The van der Waals surface area contributed by atoms with Gasteiger partial charge in [-0.15, -0.1) is 11.3 Å². The molecule has 0 radical (unpaired) electrons. The summed E-state index contributed by atoms with van der Waals surface area (Å²) in [5, 5.41) is 2.83. The second-order valence-corrected chi connectivity index (χ2v) is 7.64. The highest BCUT2D eigenvalue weighted by molar-refractivity contribution is 9.11. The van der Waals surface area contributed by atoms with Gasteiger partial charge in [0.2, 0.25) is 5.91 Å². The van der Waals surface area contributed by atoms with E-state index in [4.69, 9.17) is 4.74 Å². The van der Waals surface area contributed by atoms with E-state index >= 15 is 0 Å². The number of pyridine rings is 1. The number of carbonyl (C=O) groups is 1. The van der Waals surface area contributed by atoms with Crippen molar-refractivity contribution < 1.29 is 9.53 Å². The molecule has 0 saturated carbocycles. The lowest BCUT2D eigenvalue weighted by Gasteiger charge is -2.08. The summed E-state index contributed by atoms with van der Waals surface area (Å²) in [6.07, 6.45) is 6.79. The first-order chi connectivity index (χ1) is 12.2. The Morgan fingerprint density at radius 1 is 1.24 bits per heavy atom. The van der Waals surface area contributed by atoms with Crippen molar-refractivity contribution in [2.24, 2.45) is 0 Å². The quantitative estimate of drug-likeness (QED) is 0.568. The van der Waals surface area contributed by atoms with Crippen molar-refractivity contribution in [2.75, 3.05) is 5.32 Å². The van der Waals surface area contributed by atoms with Crippen molar-refractivity contribution in [3.8, 4) is 5.75 Å². The average Bonchev–Trinajstić information content (AvgIpc) is 3.05. The lowest BCUT2D eigenvalue weighted by Crippen LogP contribution is -2.07. The van der Waals surface area contributed by atoms with Crippen molar-refractivity contribution >= 4 is 44.9 Å². The second kappa shape index (κ2) is 8.60. The fraction of sp³-hybridized carbons (Fsp3) is 0.0526. The minimum atomic E-state index is -0.186. The maximum absolute atomic E-state index is 12.0. The van der Waals surface area contributed by atoms with E-state index in [0.717, 1.165) is 14.2 Å². The molecule has 3 rings (SSSR count). The van der Waals surface area contributed by atoms with Crippen LogP contribution < -0.4 is 10.1 Å². The summed E-state index contributed by atoms with van der Waals surface area (Å²) in [7, 11) is 0. The van der Waals surface area contributed by atoms with Gasteiger partial charge in [0.25, 0.3) is 0 Å². The van der Waals surface area contributed by atoms with Crippen LogP contribution >= 0.6 is 27.3 Å². The Morgan fingerprint density at radius 2 is 2.16 bits per heavy atom. The fourth-order valence-electron chi connectivity index (χ4n) is 2.07. The van der Waals surface area contributed by atoms with Crippen LogP contribution in [-0.4, -0.2) is 10.9 Å². The molecule has 0 saturated heterocycles. The molecule has 2 heterocycles. The first kappa shape index (κ1) is 17.4. The van der Waals surface area contributed by atoms with E-state index in [2.05, 4.69) is 26.2 Å². The van der Waals surface area contributed by atoms with Crippen LogP contribution in [-0.2, 0) is 11.4 Å². The molecule has 0 unspecified atom stereocenters. The molecule has 4 nitrogen and oxygen atoms in total. The van der Waals surface area contributed by atoms with Gasteiger partial charge in [0.05, 0.1) is 3.79 Å². The van der Waals surface area contributed by atoms with Gasteiger partial charge in [0, 0.05) is 40.7 Å². The SMILES string of the molecule is O=C(/C=C/c1ccc(Br)s1)Nc1cccc(OCc2cccnc2)c1. The first-order valence-corrected chi connectivity index (χ1v) is 9.16. The molecule has 0 aliphatic carbocycles. The predicted octanol–water partition coefficient (Wildman–Crippen LogP) is 5.14. The third-order valence-corrected chi connectivity index (χ3v) is 4.81. The number of thiophene rings is 1. The number of rotatable bonds is 6. The van der Waals surface area contributed by atoms with Gasteiger partial charge in [-0.3, -0.25) is 9.78 Å². The molecule has 126 valence electrons. The summed E-state index contributed by atoms with van der Waals surface area (Å²) in [6.45, 7) is 0.429. The largest absolute Gasteiger partial charge is 0.489 e. The summed E-state index contributed by atoms with van der Waals surface area (Å²) in [4.78, 5) is 17.1. The maximum atomic E-state index is 12.0. The molecule has 0 bridgehead atoms. The molecule has 25 heavy (non-hydrogen) atoms. The van der Waals surface area contributed by atoms with Crippen molar-refractivity contribution in [1.29, 1.82) is 0 Å². The third kappa shape index (κ3) is 5.55. The monoisotopic (exact) mass is 414 g/mol. The average molecular weight is 415 g/mol. The lowest BCUT2D eigenvalue weighted by atomic mass is 10.3. The minimum absolute atomic E-state index is 0.186. The molecule has 1 N–H and O–H groups in total. The third-order valence-electron chi connectivity index (χ3n) is 3.22. The van der Waals surface area contributed by atoms with Gasteiger partial charge in [-0.25, -0.2) is 0 Å².